The highest BCUT2D eigenvalue weighted by atomic mass is 32.1. The SMILES string of the molecule is CC(c1cccs1)N(C)c1ccc(C#N)cc1. The second-order valence-electron chi connectivity index (χ2n) is 3.96. The highest BCUT2D eigenvalue weighted by Gasteiger charge is 2.12. The van der Waals surface area contributed by atoms with E-state index < -0.39 is 0 Å². The molecule has 1 unspecified atom stereocenters. The van der Waals surface area contributed by atoms with E-state index in [0.29, 0.717) is 11.6 Å². The van der Waals surface area contributed by atoms with Gasteiger partial charge in [-0.2, -0.15) is 5.26 Å². The minimum Gasteiger partial charge on any atom is -0.367 e. The van der Waals surface area contributed by atoms with Gasteiger partial charge in [0.2, 0.25) is 0 Å². The average molecular weight is 242 g/mol. The van der Waals surface area contributed by atoms with E-state index in [1.165, 1.54) is 4.88 Å². The Morgan fingerprint density at radius 2 is 1.94 bits per heavy atom. The molecule has 3 heteroatoms. The van der Waals surface area contributed by atoms with E-state index in [0.717, 1.165) is 5.69 Å². The standard InChI is InChI=1S/C14H14N2S/c1-11(14-4-3-9-17-14)16(2)13-7-5-12(10-15)6-8-13/h3-9,11H,1-2H3. The summed E-state index contributed by atoms with van der Waals surface area (Å²) in [6.45, 7) is 2.18. The smallest absolute Gasteiger partial charge is 0.0991 e. The summed E-state index contributed by atoms with van der Waals surface area (Å²) in [6, 6.07) is 14.4. The van der Waals surface area contributed by atoms with Crippen LogP contribution in [0.15, 0.2) is 41.8 Å². The molecule has 2 rings (SSSR count). The average Bonchev–Trinajstić information content (AvgIpc) is 2.91. The molecular formula is C14H14N2S. The number of nitrogens with zero attached hydrogens (tertiary/aromatic N) is 2. The molecule has 0 aliphatic heterocycles. The van der Waals surface area contributed by atoms with Crippen LogP contribution in [-0.2, 0) is 0 Å². The summed E-state index contributed by atoms with van der Waals surface area (Å²) in [5, 5.41) is 10.9. The predicted molar refractivity (Wildman–Crippen MR) is 72.3 cm³/mol. The van der Waals surface area contributed by atoms with Crippen LogP contribution < -0.4 is 4.90 Å². The number of anilines is 1. The third kappa shape index (κ3) is 2.48. The van der Waals surface area contributed by atoms with Gasteiger partial charge in [0.15, 0.2) is 0 Å². The zero-order chi connectivity index (χ0) is 12.3. The Bertz CT molecular complexity index is 508. The Hall–Kier alpha value is -1.79. The zero-order valence-electron chi connectivity index (χ0n) is 9.92. The maximum absolute atomic E-state index is 8.76. The van der Waals surface area contributed by atoms with Crippen molar-refractivity contribution in [2.24, 2.45) is 0 Å². The topological polar surface area (TPSA) is 27.0 Å². The van der Waals surface area contributed by atoms with Gasteiger partial charge < -0.3 is 4.90 Å². The molecule has 86 valence electrons. The van der Waals surface area contributed by atoms with Crippen molar-refractivity contribution >= 4 is 17.0 Å². The van der Waals surface area contributed by atoms with Crippen LogP contribution in [0, 0.1) is 11.3 Å². The van der Waals surface area contributed by atoms with Crippen LogP contribution in [0.3, 0.4) is 0 Å². The van der Waals surface area contributed by atoms with Gasteiger partial charge in [-0.05, 0) is 42.6 Å². The first-order valence-electron chi connectivity index (χ1n) is 5.49. The van der Waals surface area contributed by atoms with Gasteiger partial charge in [0.05, 0.1) is 17.7 Å². The van der Waals surface area contributed by atoms with Gasteiger partial charge in [-0.1, -0.05) is 6.07 Å². The van der Waals surface area contributed by atoms with Crippen LogP contribution in [0.1, 0.15) is 23.4 Å². The van der Waals surface area contributed by atoms with Gasteiger partial charge in [-0.3, -0.25) is 0 Å². The Labute approximate surface area is 106 Å². The summed E-state index contributed by atoms with van der Waals surface area (Å²) < 4.78 is 0. The minimum absolute atomic E-state index is 0.350. The van der Waals surface area contributed by atoms with E-state index in [4.69, 9.17) is 5.26 Å². The first-order valence-corrected chi connectivity index (χ1v) is 6.36. The second-order valence-corrected chi connectivity index (χ2v) is 4.94. The molecule has 1 atom stereocenters. The fourth-order valence-corrected chi connectivity index (χ4v) is 2.54. The van der Waals surface area contributed by atoms with Crippen LogP contribution in [0.5, 0.6) is 0 Å². The summed E-state index contributed by atoms with van der Waals surface area (Å²) in [4.78, 5) is 3.56. The van der Waals surface area contributed by atoms with E-state index in [9.17, 15) is 0 Å². The van der Waals surface area contributed by atoms with Gasteiger partial charge in [0, 0.05) is 17.6 Å². The van der Waals surface area contributed by atoms with Gasteiger partial charge in [0.1, 0.15) is 0 Å². The monoisotopic (exact) mass is 242 g/mol. The number of thiophene rings is 1. The number of hydrogen-bond acceptors (Lipinski definition) is 3. The number of nitriles is 1. The molecule has 0 N–H and O–H groups in total. The van der Waals surface area contributed by atoms with Crippen molar-refractivity contribution in [3.63, 3.8) is 0 Å². The molecule has 0 radical (unpaired) electrons. The molecule has 0 saturated carbocycles. The zero-order valence-corrected chi connectivity index (χ0v) is 10.7. The predicted octanol–water partition coefficient (Wildman–Crippen LogP) is 3.82. The summed E-state index contributed by atoms with van der Waals surface area (Å²) in [7, 11) is 2.08. The Morgan fingerprint density at radius 1 is 1.24 bits per heavy atom. The molecule has 0 aliphatic rings. The highest BCUT2D eigenvalue weighted by Crippen LogP contribution is 2.28. The summed E-state index contributed by atoms with van der Waals surface area (Å²) in [5.74, 6) is 0. The third-order valence-corrected chi connectivity index (χ3v) is 3.98. The van der Waals surface area contributed by atoms with Crippen LogP contribution >= 0.6 is 11.3 Å². The summed E-state index contributed by atoms with van der Waals surface area (Å²) in [5.41, 5.74) is 1.83. The largest absolute Gasteiger partial charge is 0.367 e. The van der Waals surface area contributed by atoms with E-state index in [1.807, 2.05) is 24.3 Å². The maximum atomic E-state index is 8.76. The van der Waals surface area contributed by atoms with Gasteiger partial charge in [0.25, 0.3) is 0 Å². The lowest BCUT2D eigenvalue weighted by molar-refractivity contribution is 0.754. The van der Waals surface area contributed by atoms with Crippen LogP contribution in [-0.4, -0.2) is 7.05 Å². The van der Waals surface area contributed by atoms with Crippen molar-refractivity contribution in [3.8, 4) is 6.07 Å². The fourth-order valence-electron chi connectivity index (χ4n) is 1.71. The van der Waals surface area contributed by atoms with Gasteiger partial charge in [-0.25, -0.2) is 0 Å². The Kier molecular flexibility index (Phi) is 3.46. The quantitative estimate of drug-likeness (QED) is 0.818. The molecule has 0 spiro atoms. The molecule has 1 aromatic heterocycles. The van der Waals surface area contributed by atoms with Crippen molar-refractivity contribution in [3.05, 3.63) is 52.2 Å². The van der Waals surface area contributed by atoms with E-state index >= 15 is 0 Å². The molecule has 0 bridgehead atoms. The molecule has 17 heavy (non-hydrogen) atoms. The molecule has 2 nitrogen and oxygen atoms in total. The molecule has 2 aromatic rings. The van der Waals surface area contributed by atoms with E-state index in [1.54, 1.807) is 11.3 Å². The molecule has 0 fully saturated rings. The van der Waals surface area contributed by atoms with Crippen molar-refractivity contribution in [2.75, 3.05) is 11.9 Å². The fraction of sp³-hybridized carbons (Fsp3) is 0.214. The maximum Gasteiger partial charge on any atom is 0.0991 e. The Morgan fingerprint density at radius 3 is 2.47 bits per heavy atom. The molecule has 1 heterocycles. The minimum atomic E-state index is 0.350. The highest BCUT2D eigenvalue weighted by molar-refractivity contribution is 7.10. The van der Waals surface area contributed by atoms with Crippen molar-refractivity contribution < 1.29 is 0 Å². The Balaban J connectivity index is 2.19. The lowest BCUT2D eigenvalue weighted by Crippen LogP contribution is -2.20. The molecule has 0 aliphatic carbocycles. The molecule has 1 aromatic carbocycles. The van der Waals surface area contributed by atoms with Crippen LogP contribution in [0.2, 0.25) is 0 Å². The van der Waals surface area contributed by atoms with Gasteiger partial charge in [-0.15, -0.1) is 11.3 Å². The number of rotatable bonds is 3. The number of hydrogen-bond donors (Lipinski definition) is 0. The molecule has 0 amide bonds. The molecule has 0 saturated heterocycles. The van der Waals surface area contributed by atoms with E-state index in [2.05, 4.69) is 42.5 Å². The first kappa shape index (κ1) is 11.7. The lowest BCUT2D eigenvalue weighted by atomic mass is 10.2. The van der Waals surface area contributed by atoms with Crippen molar-refractivity contribution in [1.82, 2.24) is 0 Å². The normalized spacial score (nSPS) is 11.8. The van der Waals surface area contributed by atoms with Crippen molar-refractivity contribution in [2.45, 2.75) is 13.0 Å². The third-order valence-electron chi connectivity index (χ3n) is 2.94. The van der Waals surface area contributed by atoms with Crippen LogP contribution in [0.25, 0.3) is 0 Å². The second kappa shape index (κ2) is 5.03. The number of benzene rings is 1. The lowest BCUT2D eigenvalue weighted by Gasteiger charge is -2.26. The van der Waals surface area contributed by atoms with Crippen molar-refractivity contribution in [1.29, 1.82) is 5.26 Å². The van der Waals surface area contributed by atoms with E-state index in [-0.39, 0.29) is 0 Å². The van der Waals surface area contributed by atoms with Crippen LogP contribution in [0.4, 0.5) is 5.69 Å². The van der Waals surface area contributed by atoms with Gasteiger partial charge >= 0.3 is 0 Å². The first-order chi connectivity index (χ1) is 8.22. The summed E-state index contributed by atoms with van der Waals surface area (Å²) in [6.07, 6.45) is 0. The summed E-state index contributed by atoms with van der Waals surface area (Å²) >= 11 is 1.77. The molecular weight excluding hydrogens is 228 g/mol.